The van der Waals surface area contributed by atoms with E-state index in [2.05, 4.69) is 25.5 Å². The van der Waals surface area contributed by atoms with E-state index in [0.29, 0.717) is 46.5 Å². The van der Waals surface area contributed by atoms with Crippen molar-refractivity contribution in [1.29, 1.82) is 0 Å². The SMILES string of the molecule is CCn1c(SCC(=O)Nc2nc(C)c3c(n2)C[C@H](C)CC3=O)nnc1-c1ccc(Cl)cc1. The van der Waals surface area contributed by atoms with Gasteiger partial charge in [0.2, 0.25) is 11.9 Å². The van der Waals surface area contributed by atoms with Gasteiger partial charge in [0.25, 0.3) is 0 Å². The van der Waals surface area contributed by atoms with Gasteiger partial charge in [-0.25, -0.2) is 9.97 Å². The number of aryl methyl sites for hydroxylation is 1. The molecule has 1 N–H and O–H groups in total. The van der Waals surface area contributed by atoms with Gasteiger partial charge in [-0.2, -0.15) is 0 Å². The monoisotopic (exact) mass is 470 g/mol. The summed E-state index contributed by atoms with van der Waals surface area (Å²) in [5, 5.41) is 12.6. The van der Waals surface area contributed by atoms with Crippen molar-refractivity contribution < 1.29 is 9.59 Å². The van der Waals surface area contributed by atoms with E-state index in [-0.39, 0.29) is 29.3 Å². The Balaban J connectivity index is 1.45. The van der Waals surface area contributed by atoms with Crippen molar-refractivity contribution in [2.24, 2.45) is 5.92 Å². The predicted molar refractivity (Wildman–Crippen MR) is 124 cm³/mol. The number of hydrogen-bond donors (Lipinski definition) is 1. The van der Waals surface area contributed by atoms with E-state index in [1.807, 2.05) is 30.5 Å². The van der Waals surface area contributed by atoms with Gasteiger partial charge >= 0.3 is 0 Å². The van der Waals surface area contributed by atoms with Crippen molar-refractivity contribution in [2.45, 2.75) is 45.3 Å². The zero-order valence-corrected chi connectivity index (χ0v) is 19.6. The number of hydrogen-bond acceptors (Lipinski definition) is 7. The fourth-order valence-electron chi connectivity index (χ4n) is 3.80. The van der Waals surface area contributed by atoms with Crippen molar-refractivity contribution in [1.82, 2.24) is 24.7 Å². The number of nitrogens with one attached hydrogen (secondary N) is 1. The van der Waals surface area contributed by atoms with Gasteiger partial charge in [0, 0.05) is 23.6 Å². The Kier molecular flexibility index (Phi) is 6.57. The molecule has 0 radical (unpaired) electrons. The van der Waals surface area contributed by atoms with Crippen LogP contribution in [-0.2, 0) is 17.8 Å². The number of Topliss-reactive ketones (excluding diaryl/α,β-unsaturated/α-hetero) is 1. The first-order chi connectivity index (χ1) is 15.4. The highest BCUT2D eigenvalue weighted by Gasteiger charge is 2.27. The molecule has 1 atom stereocenters. The second kappa shape index (κ2) is 9.38. The first-order valence-corrected chi connectivity index (χ1v) is 11.7. The average molecular weight is 471 g/mol. The normalized spacial score (nSPS) is 15.5. The molecular weight excluding hydrogens is 448 g/mol. The zero-order chi connectivity index (χ0) is 22.8. The van der Waals surface area contributed by atoms with Gasteiger partial charge in [-0.15, -0.1) is 10.2 Å². The molecular formula is C22H23ClN6O2S. The molecule has 1 aliphatic carbocycles. The van der Waals surface area contributed by atoms with Crippen molar-refractivity contribution in [3.05, 3.63) is 46.2 Å². The molecule has 0 spiro atoms. The fourth-order valence-corrected chi connectivity index (χ4v) is 4.73. The van der Waals surface area contributed by atoms with E-state index in [0.717, 1.165) is 11.4 Å². The summed E-state index contributed by atoms with van der Waals surface area (Å²) in [6, 6.07) is 7.39. The Bertz CT molecular complexity index is 1180. The molecule has 0 saturated carbocycles. The Labute approximate surface area is 195 Å². The number of amides is 1. The van der Waals surface area contributed by atoms with E-state index in [4.69, 9.17) is 11.6 Å². The molecule has 10 heteroatoms. The fraction of sp³-hybridized carbons (Fsp3) is 0.364. The van der Waals surface area contributed by atoms with Crippen LogP contribution in [0.4, 0.5) is 5.95 Å². The predicted octanol–water partition coefficient (Wildman–Crippen LogP) is 4.21. The Hall–Kier alpha value is -2.78. The number of carbonyl (C=O) groups is 2. The number of rotatable bonds is 6. The summed E-state index contributed by atoms with van der Waals surface area (Å²) in [4.78, 5) is 33.6. The number of anilines is 1. The molecule has 166 valence electrons. The van der Waals surface area contributed by atoms with E-state index in [1.54, 1.807) is 19.1 Å². The van der Waals surface area contributed by atoms with Gasteiger partial charge in [0.05, 0.1) is 22.7 Å². The quantitative estimate of drug-likeness (QED) is 0.538. The highest BCUT2D eigenvalue weighted by atomic mass is 35.5. The molecule has 2 heterocycles. The van der Waals surface area contributed by atoms with E-state index in [9.17, 15) is 9.59 Å². The third-order valence-electron chi connectivity index (χ3n) is 5.24. The van der Waals surface area contributed by atoms with Gasteiger partial charge in [0.15, 0.2) is 16.8 Å². The minimum atomic E-state index is -0.247. The number of carbonyl (C=O) groups excluding carboxylic acids is 2. The lowest BCUT2D eigenvalue weighted by molar-refractivity contribution is -0.113. The van der Waals surface area contributed by atoms with Gasteiger partial charge in [-0.05, 0) is 50.5 Å². The Morgan fingerprint density at radius 3 is 2.69 bits per heavy atom. The molecule has 4 rings (SSSR count). The Morgan fingerprint density at radius 2 is 1.97 bits per heavy atom. The third-order valence-corrected chi connectivity index (χ3v) is 6.46. The standard InChI is InChI=1S/C22H23ClN6O2S/c1-4-29-20(14-5-7-15(23)8-6-14)27-28-22(29)32-11-18(31)26-21-24-13(3)19-16(25-21)9-12(2)10-17(19)30/h5-8,12H,4,9-11H2,1-3H3,(H,24,25,26,31)/t12-/m0/s1. The number of halogens is 1. The van der Waals surface area contributed by atoms with Crippen LogP contribution in [0.1, 0.15) is 42.0 Å². The maximum Gasteiger partial charge on any atom is 0.237 e. The highest BCUT2D eigenvalue weighted by molar-refractivity contribution is 7.99. The van der Waals surface area contributed by atoms with Gasteiger partial charge < -0.3 is 4.57 Å². The van der Waals surface area contributed by atoms with E-state index < -0.39 is 0 Å². The topological polar surface area (TPSA) is 103 Å². The number of thioether (sulfide) groups is 1. The highest BCUT2D eigenvalue weighted by Crippen LogP contribution is 2.27. The molecule has 3 aromatic rings. The molecule has 1 aromatic carbocycles. The van der Waals surface area contributed by atoms with Crippen LogP contribution >= 0.6 is 23.4 Å². The van der Waals surface area contributed by atoms with Crippen LogP contribution in [0.2, 0.25) is 5.02 Å². The lowest BCUT2D eigenvalue weighted by Gasteiger charge is -2.21. The summed E-state index contributed by atoms with van der Waals surface area (Å²) in [6.07, 6.45) is 1.21. The average Bonchev–Trinajstić information content (AvgIpc) is 3.15. The molecule has 1 aliphatic rings. The number of ketones is 1. The zero-order valence-electron chi connectivity index (χ0n) is 18.1. The van der Waals surface area contributed by atoms with E-state index in [1.165, 1.54) is 11.8 Å². The molecule has 0 fully saturated rings. The summed E-state index contributed by atoms with van der Waals surface area (Å²) in [6.45, 7) is 6.46. The third kappa shape index (κ3) is 4.68. The first-order valence-electron chi connectivity index (χ1n) is 10.4. The molecule has 0 saturated heterocycles. The first kappa shape index (κ1) is 22.4. The second-order valence-corrected chi connectivity index (χ2v) is 9.16. The van der Waals surface area contributed by atoms with Crippen molar-refractivity contribution in [3.63, 3.8) is 0 Å². The largest absolute Gasteiger partial charge is 0.302 e. The van der Waals surface area contributed by atoms with E-state index >= 15 is 0 Å². The van der Waals surface area contributed by atoms with Crippen LogP contribution < -0.4 is 5.32 Å². The smallest absolute Gasteiger partial charge is 0.237 e. The maximum absolute atomic E-state index is 12.6. The van der Waals surface area contributed by atoms with Gasteiger partial charge in [-0.3, -0.25) is 14.9 Å². The second-order valence-electron chi connectivity index (χ2n) is 7.79. The molecule has 32 heavy (non-hydrogen) atoms. The number of benzene rings is 1. The van der Waals surface area contributed by atoms with Crippen LogP contribution in [-0.4, -0.2) is 42.2 Å². The molecule has 2 aromatic heterocycles. The molecule has 0 aliphatic heterocycles. The molecule has 0 bridgehead atoms. The lowest BCUT2D eigenvalue weighted by atomic mass is 9.86. The summed E-state index contributed by atoms with van der Waals surface area (Å²) >= 11 is 7.27. The molecule has 0 unspecified atom stereocenters. The lowest BCUT2D eigenvalue weighted by Crippen LogP contribution is -2.24. The van der Waals surface area contributed by atoms with Gasteiger partial charge in [0.1, 0.15) is 0 Å². The van der Waals surface area contributed by atoms with Crippen molar-refractivity contribution in [2.75, 3.05) is 11.1 Å². The van der Waals surface area contributed by atoms with Crippen LogP contribution in [0.15, 0.2) is 29.4 Å². The van der Waals surface area contributed by atoms with Crippen molar-refractivity contribution >= 4 is 41.0 Å². The minimum absolute atomic E-state index is 0.0695. The molecule has 8 nitrogen and oxygen atoms in total. The summed E-state index contributed by atoms with van der Waals surface area (Å²) in [5.74, 6) is 1.14. The summed E-state index contributed by atoms with van der Waals surface area (Å²) in [7, 11) is 0. The number of aromatic nitrogens is 5. The van der Waals surface area contributed by atoms with Crippen LogP contribution in [0, 0.1) is 12.8 Å². The van der Waals surface area contributed by atoms with Crippen LogP contribution in [0.3, 0.4) is 0 Å². The summed E-state index contributed by atoms with van der Waals surface area (Å²) in [5.41, 5.74) is 2.82. The van der Waals surface area contributed by atoms with Crippen LogP contribution in [0.5, 0.6) is 0 Å². The van der Waals surface area contributed by atoms with Crippen LogP contribution in [0.25, 0.3) is 11.4 Å². The van der Waals surface area contributed by atoms with Crippen molar-refractivity contribution in [3.8, 4) is 11.4 Å². The maximum atomic E-state index is 12.6. The number of fused-ring (bicyclic) bond motifs is 1. The minimum Gasteiger partial charge on any atom is -0.302 e. The Morgan fingerprint density at radius 1 is 1.22 bits per heavy atom. The summed E-state index contributed by atoms with van der Waals surface area (Å²) < 4.78 is 1.95. The molecule has 1 amide bonds. The number of nitrogens with zero attached hydrogens (tertiary/aromatic N) is 5. The van der Waals surface area contributed by atoms with Gasteiger partial charge in [-0.1, -0.05) is 30.3 Å².